The molecule has 0 bridgehead atoms. The van der Waals surface area contributed by atoms with Crippen LogP contribution in [0, 0.1) is 17.8 Å². The average Bonchev–Trinajstić information content (AvgIpc) is 2.66. The van der Waals surface area contributed by atoms with Gasteiger partial charge in [-0.2, -0.15) is 0 Å². The van der Waals surface area contributed by atoms with Crippen LogP contribution < -0.4 is 5.73 Å². The molecule has 0 aromatic heterocycles. The molecule has 19 heavy (non-hydrogen) atoms. The van der Waals surface area contributed by atoms with Gasteiger partial charge in [0, 0.05) is 12.6 Å². The third-order valence-corrected chi connectivity index (χ3v) is 5.72. The Morgan fingerprint density at radius 1 is 1.11 bits per heavy atom. The lowest BCUT2D eigenvalue weighted by Crippen LogP contribution is -2.47. The molecule has 1 saturated carbocycles. The summed E-state index contributed by atoms with van der Waals surface area (Å²) in [6, 6.07) is 0.864. The maximum atomic E-state index is 5.95. The normalized spacial score (nSPS) is 38.1. The number of hydrogen-bond donors (Lipinski definition) is 1. The maximum Gasteiger partial charge on any atom is 0.00954 e. The summed E-state index contributed by atoms with van der Waals surface area (Å²) >= 11 is 0. The molecule has 0 spiro atoms. The Hall–Kier alpha value is -0.0800. The summed E-state index contributed by atoms with van der Waals surface area (Å²) < 4.78 is 0. The van der Waals surface area contributed by atoms with Gasteiger partial charge in [0.25, 0.3) is 0 Å². The highest BCUT2D eigenvalue weighted by Gasteiger charge is 2.30. The molecule has 2 nitrogen and oxygen atoms in total. The van der Waals surface area contributed by atoms with Gasteiger partial charge in [0.2, 0.25) is 0 Å². The zero-order valence-corrected chi connectivity index (χ0v) is 13.1. The van der Waals surface area contributed by atoms with Crippen molar-refractivity contribution in [3.63, 3.8) is 0 Å². The first kappa shape index (κ1) is 15.3. The molecule has 0 amide bonds. The van der Waals surface area contributed by atoms with Gasteiger partial charge in [-0.25, -0.2) is 0 Å². The summed E-state index contributed by atoms with van der Waals surface area (Å²) in [5.74, 6) is 2.59. The van der Waals surface area contributed by atoms with Gasteiger partial charge in [0.05, 0.1) is 0 Å². The van der Waals surface area contributed by atoms with Crippen LogP contribution in [0.2, 0.25) is 0 Å². The van der Waals surface area contributed by atoms with E-state index in [-0.39, 0.29) is 0 Å². The Morgan fingerprint density at radius 2 is 1.95 bits per heavy atom. The minimum absolute atomic E-state index is 0.739. The maximum absolute atomic E-state index is 5.95. The molecule has 1 saturated heterocycles. The fourth-order valence-electron chi connectivity index (χ4n) is 4.24. The van der Waals surface area contributed by atoms with Crippen LogP contribution in [0.4, 0.5) is 0 Å². The number of hydrogen-bond acceptors (Lipinski definition) is 2. The Kier molecular flexibility index (Phi) is 6.15. The first-order valence-electron chi connectivity index (χ1n) is 8.68. The summed E-state index contributed by atoms with van der Waals surface area (Å²) in [6.45, 7) is 8.18. The zero-order chi connectivity index (χ0) is 13.7. The van der Waals surface area contributed by atoms with Crippen molar-refractivity contribution in [3.8, 4) is 0 Å². The topological polar surface area (TPSA) is 29.3 Å². The van der Waals surface area contributed by atoms with E-state index in [1.54, 1.807) is 0 Å². The predicted octanol–water partition coefficient (Wildman–Crippen LogP) is 3.65. The van der Waals surface area contributed by atoms with Gasteiger partial charge in [-0.3, -0.25) is 0 Å². The van der Waals surface area contributed by atoms with Crippen molar-refractivity contribution in [2.45, 2.75) is 71.3 Å². The molecular weight excluding hydrogens is 232 g/mol. The summed E-state index contributed by atoms with van der Waals surface area (Å²) in [7, 11) is 0. The van der Waals surface area contributed by atoms with Crippen LogP contribution in [0.1, 0.15) is 65.2 Å². The van der Waals surface area contributed by atoms with E-state index in [1.807, 2.05) is 0 Å². The van der Waals surface area contributed by atoms with Gasteiger partial charge in [0.1, 0.15) is 0 Å². The Morgan fingerprint density at radius 3 is 2.68 bits per heavy atom. The van der Waals surface area contributed by atoms with Crippen molar-refractivity contribution in [1.29, 1.82) is 0 Å². The zero-order valence-electron chi connectivity index (χ0n) is 13.1. The quantitative estimate of drug-likeness (QED) is 0.787. The first-order valence-corrected chi connectivity index (χ1v) is 8.68. The average molecular weight is 266 g/mol. The molecule has 2 aliphatic rings. The van der Waals surface area contributed by atoms with E-state index >= 15 is 0 Å². The molecular formula is C17H34N2. The van der Waals surface area contributed by atoms with Gasteiger partial charge in [0.15, 0.2) is 0 Å². The lowest BCUT2D eigenvalue weighted by molar-refractivity contribution is 0.0829. The fraction of sp³-hybridized carbons (Fsp3) is 1.00. The minimum atomic E-state index is 0.739. The molecule has 2 heteroatoms. The summed E-state index contributed by atoms with van der Waals surface area (Å²) in [5.41, 5.74) is 5.95. The van der Waals surface area contributed by atoms with E-state index in [0.717, 1.165) is 30.3 Å². The number of rotatable bonds is 4. The third kappa shape index (κ3) is 4.19. The second-order valence-electron chi connectivity index (χ2n) is 7.07. The van der Waals surface area contributed by atoms with Crippen LogP contribution >= 0.6 is 0 Å². The predicted molar refractivity (Wildman–Crippen MR) is 83.2 cm³/mol. The molecule has 0 aromatic rings. The van der Waals surface area contributed by atoms with E-state index < -0.39 is 0 Å². The van der Waals surface area contributed by atoms with Crippen molar-refractivity contribution in [3.05, 3.63) is 0 Å². The SMILES string of the molecule is CCCC1CCCC(N2CCC(C)C(CN)C2)CC1. The Balaban J connectivity index is 1.84. The van der Waals surface area contributed by atoms with Crippen LogP contribution in [-0.2, 0) is 0 Å². The van der Waals surface area contributed by atoms with Gasteiger partial charge in [-0.05, 0) is 56.5 Å². The lowest BCUT2D eigenvalue weighted by atomic mass is 9.86. The van der Waals surface area contributed by atoms with Crippen molar-refractivity contribution >= 4 is 0 Å². The van der Waals surface area contributed by atoms with E-state index in [2.05, 4.69) is 18.7 Å². The van der Waals surface area contributed by atoms with Crippen LogP contribution in [-0.4, -0.2) is 30.6 Å². The van der Waals surface area contributed by atoms with Crippen molar-refractivity contribution < 1.29 is 0 Å². The Bertz CT molecular complexity index is 254. The Labute approximate surface area is 120 Å². The number of nitrogens with two attached hydrogens (primary N) is 1. The second kappa shape index (κ2) is 7.64. The molecule has 2 N–H and O–H groups in total. The minimum Gasteiger partial charge on any atom is -0.330 e. The van der Waals surface area contributed by atoms with Gasteiger partial charge < -0.3 is 10.6 Å². The monoisotopic (exact) mass is 266 g/mol. The lowest BCUT2D eigenvalue weighted by Gasteiger charge is -2.41. The summed E-state index contributed by atoms with van der Waals surface area (Å²) in [6.07, 6.45) is 11.5. The molecule has 0 radical (unpaired) electrons. The van der Waals surface area contributed by atoms with Gasteiger partial charge in [-0.15, -0.1) is 0 Å². The standard InChI is InChI=1S/C17H34N2/c1-3-5-15-6-4-7-17(9-8-15)19-11-10-14(2)16(12-18)13-19/h14-17H,3-13,18H2,1-2H3. The molecule has 112 valence electrons. The van der Waals surface area contributed by atoms with Gasteiger partial charge >= 0.3 is 0 Å². The van der Waals surface area contributed by atoms with Crippen molar-refractivity contribution in [2.75, 3.05) is 19.6 Å². The van der Waals surface area contributed by atoms with E-state index in [9.17, 15) is 0 Å². The highest BCUT2D eigenvalue weighted by Crippen LogP contribution is 2.32. The van der Waals surface area contributed by atoms with Crippen LogP contribution in [0.3, 0.4) is 0 Å². The van der Waals surface area contributed by atoms with Crippen LogP contribution in [0.25, 0.3) is 0 Å². The molecule has 1 aliphatic carbocycles. The van der Waals surface area contributed by atoms with E-state index in [1.165, 1.54) is 64.5 Å². The number of likely N-dealkylation sites (tertiary alicyclic amines) is 1. The molecule has 1 aliphatic heterocycles. The molecule has 2 rings (SSSR count). The number of nitrogens with zero attached hydrogens (tertiary/aromatic N) is 1. The second-order valence-corrected chi connectivity index (χ2v) is 7.07. The van der Waals surface area contributed by atoms with Crippen LogP contribution in [0.15, 0.2) is 0 Å². The fourth-order valence-corrected chi connectivity index (χ4v) is 4.24. The summed E-state index contributed by atoms with van der Waals surface area (Å²) in [5, 5.41) is 0. The third-order valence-electron chi connectivity index (χ3n) is 5.72. The van der Waals surface area contributed by atoms with E-state index in [4.69, 9.17) is 5.73 Å². The molecule has 1 heterocycles. The van der Waals surface area contributed by atoms with Gasteiger partial charge in [-0.1, -0.05) is 39.5 Å². The summed E-state index contributed by atoms with van der Waals surface area (Å²) in [4.78, 5) is 2.78. The van der Waals surface area contributed by atoms with Crippen LogP contribution in [0.5, 0.6) is 0 Å². The highest BCUT2D eigenvalue weighted by molar-refractivity contribution is 4.85. The van der Waals surface area contributed by atoms with Crippen molar-refractivity contribution in [1.82, 2.24) is 4.90 Å². The highest BCUT2D eigenvalue weighted by atomic mass is 15.2. The molecule has 4 atom stereocenters. The van der Waals surface area contributed by atoms with Crippen molar-refractivity contribution in [2.24, 2.45) is 23.5 Å². The van der Waals surface area contributed by atoms with E-state index in [0.29, 0.717) is 0 Å². The molecule has 2 fully saturated rings. The smallest absolute Gasteiger partial charge is 0.00954 e. The number of piperidine rings is 1. The molecule has 0 aromatic carbocycles. The first-order chi connectivity index (χ1) is 9.24. The largest absolute Gasteiger partial charge is 0.330 e. The molecule has 4 unspecified atom stereocenters.